The van der Waals surface area contributed by atoms with Crippen molar-refractivity contribution in [2.45, 2.75) is 12.5 Å². The van der Waals surface area contributed by atoms with Crippen LogP contribution in [0, 0.1) is 6.08 Å². The summed E-state index contributed by atoms with van der Waals surface area (Å²) in [4.78, 5) is 0.0785. The Morgan fingerprint density at radius 2 is 2.17 bits per heavy atom. The highest BCUT2D eigenvalue weighted by Gasteiger charge is 2.34. The molecule has 0 fully saturated rings. The van der Waals surface area contributed by atoms with Gasteiger partial charge in [0.15, 0.2) is 0 Å². The predicted molar refractivity (Wildman–Crippen MR) is 40.5 cm³/mol. The van der Waals surface area contributed by atoms with E-state index in [0.29, 0.717) is 0 Å². The summed E-state index contributed by atoms with van der Waals surface area (Å²) < 4.78 is 38.7. The minimum Gasteiger partial charge on any atom is -0.279 e. The highest BCUT2D eigenvalue weighted by molar-refractivity contribution is 7.80. The molecule has 0 saturated heterocycles. The molecule has 0 aromatic carbocycles. The molecule has 1 aliphatic rings. The smallest absolute Gasteiger partial charge is 0.279 e. The lowest BCUT2D eigenvalue weighted by molar-refractivity contribution is -0.327. The number of thiocarbonyl (C=S) groups is 1. The number of hydrogen-bond donors (Lipinski definition) is 0. The SMILES string of the molecule is FC(F)(F)OC1C=C[C]=CC1=S. The number of allylic oxidation sites excluding steroid dienone is 2. The van der Waals surface area contributed by atoms with Gasteiger partial charge in [-0.3, -0.25) is 4.74 Å². The lowest BCUT2D eigenvalue weighted by Gasteiger charge is -2.16. The van der Waals surface area contributed by atoms with Gasteiger partial charge < -0.3 is 0 Å². The highest BCUT2D eigenvalue weighted by Crippen LogP contribution is 2.21. The molecule has 12 heavy (non-hydrogen) atoms. The van der Waals surface area contributed by atoms with Gasteiger partial charge in [0.1, 0.15) is 6.10 Å². The van der Waals surface area contributed by atoms with Gasteiger partial charge in [-0.05, 0) is 18.2 Å². The molecule has 0 aliphatic heterocycles. The van der Waals surface area contributed by atoms with Crippen LogP contribution in [0.15, 0.2) is 18.2 Å². The minimum atomic E-state index is -4.65. The van der Waals surface area contributed by atoms with Crippen LogP contribution in [0.4, 0.5) is 13.2 Å². The van der Waals surface area contributed by atoms with Crippen molar-refractivity contribution in [3.05, 3.63) is 24.3 Å². The first-order chi connectivity index (χ1) is 5.49. The molecule has 1 aliphatic carbocycles. The largest absolute Gasteiger partial charge is 0.523 e. The van der Waals surface area contributed by atoms with Gasteiger partial charge in [0.25, 0.3) is 0 Å². The van der Waals surface area contributed by atoms with E-state index in [1.54, 1.807) is 0 Å². The fourth-order valence-electron chi connectivity index (χ4n) is 0.691. The Morgan fingerprint density at radius 3 is 2.67 bits per heavy atom. The summed E-state index contributed by atoms with van der Waals surface area (Å²) in [5.74, 6) is 0. The van der Waals surface area contributed by atoms with Crippen molar-refractivity contribution in [2.75, 3.05) is 0 Å². The maximum atomic E-state index is 11.7. The van der Waals surface area contributed by atoms with Crippen LogP contribution in [0.2, 0.25) is 0 Å². The molecule has 0 N–H and O–H groups in total. The zero-order valence-corrected chi connectivity index (χ0v) is 6.58. The van der Waals surface area contributed by atoms with E-state index >= 15 is 0 Å². The van der Waals surface area contributed by atoms with E-state index in [2.05, 4.69) is 23.0 Å². The normalized spacial score (nSPS) is 23.2. The van der Waals surface area contributed by atoms with Crippen LogP contribution >= 0.6 is 12.2 Å². The van der Waals surface area contributed by atoms with Gasteiger partial charge in [-0.1, -0.05) is 18.3 Å². The fourth-order valence-corrected chi connectivity index (χ4v) is 0.886. The van der Waals surface area contributed by atoms with E-state index in [9.17, 15) is 13.2 Å². The Hall–Kier alpha value is -0.680. The molecule has 0 bridgehead atoms. The summed E-state index contributed by atoms with van der Waals surface area (Å²) in [7, 11) is 0. The van der Waals surface area contributed by atoms with Crippen LogP contribution in [0.3, 0.4) is 0 Å². The maximum absolute atomic E-state index is 11.7. The van der Waals surface area contributed by atoms with Gasteiger partial charge in [0.2, 0.25) is 0 Å². The number of alkyl halides is 3. The zero-order chi connectivity index (χ0) is 9.19. The second kappa shape index (κ2) is 3.37. The molecule has 1 radical (unpaired) electrons. The molecule has 0 aromatic rings. The van der Waals surface area contributed by atoms with E-state index < -0.39 is 12.5 Å². The molecule has 65 valence electrons. The third-order valence-corrected chi connectivity index (χ3v) is 1.48. The first-order valence-electron chi connectivity index (χ1n) is 3.03. The first-order valence-corrected chi connectivity index (χ1v) is 3.44. The summed E-state index contributed by atoms with van der Waals surface area (Å²) >= 11 is 4.60. The second-order valence-electron chi connectivity index (χ2n) is 2.06. The summed E-state index contributed by atoms with van der Waals surface area (Å²) in [6.07, 6.45) is 0.555. The van der Waals surface area contributed by atoms with E-state index in [4.69, 9.17) is 0 Å². The Labute approximate surface area is 72.5 Å². The summed E-state index contributed by atoms with van der Waals surface area (Å²) in [6, 6.07) is 0. The molecular weight excluding hydrogens is 189 g/mol. The molecule has 1 nitrogen and oxygen atoms in total. The van der Waals surface area contributed by atoms with E-state index in [0.717, 1.165) is 0 Å². The van der Waals surface area contributed by atoms with Crippen molar-refractivity contribution in [1.82, 2.24) is 0 Å². The van der Waals surface area contributed by atoms with E-state index in [1.807, 2.05) is 0 Å². The molecule has 0 spiro atoms. The van der Waals surface area contributed by atoms with Crippen LogP contribution in [-0.4, -0.2) is 17.3 Å². The monoisotopic (exact) mass is 193 g/mol. The van der Waals surface area contributed by atoms with Crippen molar-refractivity contribution in [3.63, 3.8) is 0 Å². The molecule has 5 heteroatoms. The van der Waals surface area contributed by atoms with Crippen molar-refractivity contribution in [1.29, 1.82) is 0 Å². The van der Waals surface area contributed by atoms with Gasteiger partial charge in [0, 0.05) is 4.86 Å². The Morgan fingerprint density at radius 1 is 1.50 bits per heavy atom. The molecule has 1 unspecified atom stereocenters. The third kappa shape index (κ3) is 2.75. The Bertz CT molecular complexity index is 242. The number of hydrogen-bond acceptors (Lipinski definition) is 2. The van der Waals surface area contributed by atoms with E-state index in [1.165, 1.54) is 18.2 Å². The predicted octanol–water partition coefficient (Wildman–Crippen LogP) is 2.19. The molecule has 0 saturated carbocycles. The third-order valence-electron chi connectivity index (χ3n) is 1.13. The summed E-state index contributed by atoms with van der Waals surface area (Å²) in [5, 5.41) is 0. The fraction of sp³-hybridized carbons (Fsp3) is 0.286. The standard InChI is InChI=1S/C7H4F3OS/c8-7(9,10)11-5-3-1-2-4-6(5)12/h1,3-5H. The summed E-state index contributed by atoms with van der Waals surface area (Å²) in [5.41, 5.74) is 0. The Balaban J connectivity index is 2.59. The van der Waals surface area contributed by atoms with Crippen molar-refractivity contribution >= 4 is 17.1 Å². The van der Waals surface area contributed by atoms with Crippen LogP contribution in [0.1, 0.15) is 0 Å². The van der Waals surface area contributed by atoms with Crippen LogP contribution in [0.5, 0.6) is 0 Å². The Kier molecular flexibility index (Phi) is 2.64. The first kappa shape index (κ1) is 9.41. The van der Waals surface area contributed by atoms with Gasteiger partial charge >= 0.3 is 6.36 Å². The van der Waals surface area contributed by atoms with Crippen molar-refractivity contribution in [3.8, 4) is 0 Å². The highest BCUT2D eigenvalue weighted by atomic mass is 32.1. The molecule has 1 rings (SSSR count). The number of rotatable bonds is 1. The topological polar surface area (TPSA) is 9.23 Å². The molecular formula is C7H4F3OS. The average Bonchev–Trinajstić information content (AvgIpc) is 1.91. The number of halogens is 3. The van der Waals surface area contributed by atoms with Crippen LogP contribution < -0.4 is 0 Å². The number of ether oxygens (including phenoxy) is 1. The molecule has 0 aromatic heterocycles. The minimum absolute atomic E-state index is 0.0785. The van der Waals surface area contributed by atoms with Crippen molar-refractivity contribution < 1.29 is 17.9 Å². The lowest BCUT2D eigenvalue weighted by atomic mass is 10.1. The lowest BCUT2D eigenvalue weighted by Crippen LogP contribution is -2.28. The van der Waals surface area contributed by atoms with Gasteiger partial charge in [-0.15, -0.1) is 13.2 Å². The van der Waals surface area contributed by atoms with Gasteiger partial charge in [-0.2, -0.15) is 0 Å². The quantitative estimate of drug-likeness (QED) is 0.590. The molecule has 0 heterocycles. The zero-order valence-electron chi connectivity index (χ0n) is 5.76. The van der Waals surface area contributed by atoms with Gasteiger partial charge in [0.05, 0.1) is 0 Å². The van der Waals surface area contributed by atoms with Crippen molar-refractivity contribution in [2.24, 2.45) is 0 Å². The van der Waals surface area contributed by atoms with Gasteiger partial charge in [-0.25, -0.2) is 0 Å². The van der Waals surface area contributed by atoms with Crippen LogP contribution in [0.25, 0.3) is 0 Å². The second-order valence-corrected chi connectivity index (χ2v) is 2.53. The average molecular weight is 193 g/mol. The molecule has 0 amide bonds. The van der Waals surface area contributed by atoms with E-state index in [-0.39, 0.29) is 4.86 Å². The molecule has 1 atom stereocenters. The summed E-state index contributed by atoms with van der Waals surface area (Å²) in [6.45, 7) is 0. The maximum Gasteiger partial charge on any atom is 0.523 e. The van der Waals surface area contributed by atoms with Crippen LogP contribution in [-0.2, 0) is 4.74 Å².